The van der Waals surface area contributed by atoms with Crippen molar-refractivity contribution in [2.45, 2.75) is 120 Å². The van der Waals surface area contributed by atoms with Gasteiger partial charge in [-0.2, -0.15) is 0 Å². The molecule has 4 aliphatic rings. The van der Waals surface area contributed by atoms with E-state index in [1.165, 1.54) is 44.9 Å². The van der Waals surface area contributed by atoms with Crippen LogP contribution in [0.15, 0.2) is 11.6 Å². The molecule has 0 aromatic carbocycles. The average Bonchev–Trinajstić information content (AvgIpc) is 3.12. The lowest BCUT2D eigenvalue weighted by molar-refractivity contribution is -0.173. The van der Waals surface area contributed by atoms with Crippen molar-refractivity contribution < 1.29 is 9.53 Å². The Morgan fingerprint density at radius 1 is 0.853 bits per heavy atom. The maximum absolute atomic E-state index is 11.7. The van der Waals surface area contributed by atoms with Crippen molar-refractivity contribution in [1.29, 1.82) is 0 Å². The molecule has 0 spiro atoms. The molecule has 0 heterocycles. The van der Waals surface area contributed by atoms with Gasteiger partial charge in [-0.15, -0.1) is 0 Å². The highest BCUT2D eigenvalue weighted by atomic mass is 16.5. The van der Waals surface area contributed by atoms with Crippen LogP contribution in [0.3, 0.4) is 0 Å². The molecule has 34 heavy (non-hydrogen) atoms. The van der Waals surface area contributed by atoms with E-state index in [9.17, 15) is 4.79 Å². The predicted molar refractivity (Wildman–Crippen MR) is 142 cm³/mol. The Labute approximate surface area is 211 Å². The number of ether oxygens (including phenoxy) is 1. The van der Waals surface area contributed by atoms with Crippen LogP contribution in [-0.2, 0) is 9.53 Å². The molecule has 0 bridgehead atoms. The van der Waals surface area contributed by atoms with E-state index in [0.29, 0.717) is 28.6 Å². The van der Waals surface area contributed by atoms with Crippen LogP contribution in [0.25, 0.3) is 0 Å². The summed E-state index contributed by atoms with van der Waals surface area (Å²) in [4.78, 5) is 11.7. The van der Waals surface area contributed by atoms with Crippen LogP contribution in [-0.4, -0.2) is 12.1 Å². The molecule has 11 atom stereocenters. The zero-order valence-electron chi connectivity index (χ0n) is 23.8. The number of carbonyl (C=O) groups excluding carboxylic acids is 1. The quantitative estimate of drug-likeness (QED) is 0.297. The minimum absolute atomic E-state index is 0.0965. The van der Waals surface area contributed by atoms with Gasteiger partial charge in [0, 0.05) is 6.92 Å². The third-order valence-electron chi connectivity index (χ3n) is 12.4. The Bertz CT molecular complexity index is 782. The van der Waals surface area contributed by atoms with Crippen LogP contribution in [0.5, 0.6) is 0 Å². The first-order valence-electron chi connectivity index (χ1n) is 14.8. The van der Waals surface area contributed by atoms with Gasteiger partial charge in [-0.1, -0.05) is 60.1 Å². The zero-order valence-corrected chi connectivity index (χ0v) is 23.8. The predicted octanol–water partition coefficient (Wildman–Crippen LogP) is 8.70. The lowest BCUT2D eigenvalue weighted by Crippen LogP contribution is -2.56. The summed E-state index contributed by atoms with van der Waals surface area (Å²) >= 11 is 0. The van der Waals surface area contributed by atoms with E-state index in [4.69, 9.17) is 4.74 Å². The molecular weight excluding hydrogens is 416 g/mol. The molecule has 0 N–H and O–H groups in total. The summed E-state index contributed by atoms with van der Waals surface area (Å²) in [5.74, 6) is 6.76. The van der Waals surface area contributed by atoms with Crippen molar-refractivity contribution in [2.75, 3.05) is 0 Å². The molecule has 4 fully saturated rings. The first kappa shape index (κ1) is 26.3. The Hall–Kier alpha value is -0.790. The van der Waals surface area contributed by atoms with E-state index >= 15 is 0 Å². The second-order valence-electron chi connectivity index (χ2n) is 14.1. The van der Waals surface area contributed by atoms with Gasteiger partial charge < -0.3 is 4.74 Å². The van der Waals surface area contributed by atoms with Crippen LogP contribution in [0.4, 0.5) is 0 Å². The van der Waals surface area contributed by atoms with Gasteiger partial charge in [0.1, 0.15) is 6.10 Å². The maximum atomic E-state index is 11.7. The highest BCUT2D eigenvalue weighted by Crippen LogP contribution is 2.69. The van der Waals surface area contributed by atoms with Gasteiger partial charge in [0.15, 0.2) is 0 Å². The molecule has 0 aromatic rings. The number of hydrogen-bond acceptors (Lipinski definition) is 2. The van der Waals surface area contributed by atoms with E-state index in [2.05, 4.69) is 61.5 Å². The maximum Gasteiger partial charge on any atom is 0.302 e. The molecule has 2 heteroatoms. The first-order chi connectivity index (χ1) is 15.9. The van der Waals surface area contributed by atoms with E-state index in [1.807, 2.05) is 0 Å². The van der Waals surface area contributed by atoms with E-state index in [1.54, 1.807) is 12.5 Å². The fourth-order valence-electron chi connectivity index (χ4n) is 10.2. The SMILES string of the molecule is CC(=O)O[C@H]1CC[C@@]2(C)[C@@H](CC[C@@H]3[C@@H]2CC[C@]2(C)[C@@H]([C@H](C)/C=C(\C)[C@H](C)C(C)C)CC[C@@H]32)[C@@H]1C. The normalized spacial score (nSPS) is 46.3. The van der Waals surface area contributed by atoms with Crippen LogP contribution >= 0.6 is 0 Å². The molecule has 4 rings (SSSR count). The topological polar surface area (TPSA) is 26.3 Å². The van der Waals surface area contributed by atoms with E-state index in [-0.39, 0.29) is 12.1 Å². The number of hydrogen-bond donors (Lipinski definition) is 0. The number of carbonyl (C=O) groups is 1. The second-order valence-corrected chi connectivity index (χ2v) is 14.1. The van der Waals surface area contributed by atoms with Gasteiger partial charge in [0.2, 0.25) is 0 Å². The van der Waals surface area contributed by atoms with Crippen molar-refractivity contribution in [1.82, 2.24) is 0 Å². The summed E-state index contributed by atoms with van der Waals surface area (Å²) in [7, 11) is 0. The Kier molecular flexibility index (Phi) is 7.41. The van der Waals surface area contributed by atoms with Crippen molar-refractivity contribution in [3.63, 3.8) is 0 Å². The zero-order chi connectivity index (χ0) is 25.0. The number of esters is 1. The number of fused-ring (bicyclic) bond motifs is 5. The third-order valence-corrected chi connectivity index (χ3v) is 12.4. The molecule has 4 aliphatic carbocycles. The Balaban J connectivity index is 1.51. The first-order valence-corrected chi connectivity index (χ1v) is 14.8. The third kappa shape index (κ3) is 4.32. The lowest BCUT2D eigenvalue weighted by atomic mass is 9.43. The summed E-state index contributed by atoms with van der Waals surface area (Å²) in [6.45, 7) is 21.3. The van der Waals surface area contributed by atoms with Crippen molar-refractivity contribution in [2.24, 2.45) is 64.1 Å². The van der Waals surface area contributed by atoms with E-state index < -0.39 is 0 Å². The average molecular weight is 471 g/mol. The van der Waals surface area contributed by atoms with Gasteiger partial charge in [-0.05, 0) is 122 Å². The number of allylic oxidation sites excluding steroid dienone is 2. The molecule has 4 saturated carbocycles. The van der Waals surface area contributed by atoms with Crippen molar-refractivity contribution in [3.05, 3.63) is 11.6 Å². The van der Waals surface area contributed by atoms with Gasteiger partial charge in [0.05, 0.1) is 0 Å². The largest absolute Gasteiger partial charge is 0.462 e. The lowest BCUT2D eigenvalue weighted by Gasteiger charge is -2.62. The monoisotopic (exact) mass is 470 g/mol. The highest BCUT2D eigenvalue weighted by molar-refractivity contribution is 5.66. The van der Waals surface area contributed by atoms with Crippen LogP contribution in [0, 0.1) is 64.1 Å². The van der Waals surface area contributed by atoms with Gasteiger partial charge in [0.25, 0.3) is 0 Å². The van der Waals surface area contributed by atoms with Crippen LogP contribution in [0.2, 0.25) is 0 Å². The van der Waals surface area contributed by atoms with E-state index in [0.717, 1.165) is 41.9 Å². The van der Waals surface area contributed by atoms with Crippen molar-refractivity contribution >= 4 is 5.97 Å². The molecule has 0 amide bonds. The minimum Gasteiger partial charge on any atom is -0.462 e. The molecular formula is C32H54O2. The second kappa shape index (κ2) is 9.59. The van der Waals surface area contributed by atoms with Crippen LogP contribution < -0.4 is 0 Å². The molecule has 194 valence electrons. The minimum atomic E-state index is -0.0965. The standard InChI is InChI=1S/C32H54O2/c1-19(2)22(5)20(3)18-21(4)26-12-13-28-25-10-11-27-23(6)30(34-24(7)33)15-17-32(27,9)29(25)14-16-31(26,28)8/h18-19,21-23,25-30H,10-17H2,1-9H3/b20-18+/t21-,22-,23+,25+,26-,27+,28+,29+,30+,31-,32+/m1/s1. The molecule has 2 nitrogen and oxygen atoms in total. The smallest absolute Gasteiger partial charge is 0.302 e. The molecule has 0 aliphatic heterocycles. The molecule has 0 saturated heterocycles. The van der Waals surface area contributed by atoms with Crippen molar-refractivity contribution in [3.8, 4) is 0 Å². The Morgan fingerprint density at radius 3 is 2.12 bits per heavy atom. The van der Waals surface area contributed by atoms with Crippen LogP contribution in [0.1, 0.15) is 114 Å². The summed E-state index contributed by atoms with van der Waals surface area (Å²) in [6, 6.07) is 0. The fourth-order valence-corrected chi connectivity index (χ4v) is 10.2. The van der Waals surface area contributed by atoms with Gasteiger partial charge in [-0.3, -0.25) is 4.79 Å². The molecule has 0 radical (unpaired) electrons. The highest BCUT2D eigenvalue weighted by Gasteiger charge is 2.61. The van der Waals surface area contributed by atoms with Gasteiger partial charge in [-0.25, -0.2) is 0 Å². The summed E-state index contributed by atoms with van der Waals surface area (Å²) in [5, 5.41) is 0. The fraction of sp³-hybridized carbons (Fsp3) is 0.906. The summed E-state index contributed by atoms with van der Waals surface area (Å²) in [6.07, 6.45) is 13.6. The Morgan fingerprint density at radius 2 is 1.47 bits per heavy atom. The van der Waals surface area contributed by atoms with Gasteiger partial charge >= 0.3 is 5.97 Å². The number of rotatable bonds is 5. The summed E-state index contributed by atoms with van der Waals surface area (Å²) in [5.41, 5.74) is 2.56. The summed E-state index contributed by atoms with van der Waals surface area (Å²) < 4.78 is 5.78. The molecule has 0 aromatic heterocycles. The molecule has 0 unspecified atom stereocenters.